The highest BCUT2D eigenvalue weighted by molar-refractivity contribution is 7.17. The van der Waals surface area contributed by atoms with Gasteiger partial charge in [-0.2, -0.15) is 4.98 Å². The first-order valence-corrected chi connectivity index (χ1v) is 5.68. The molecule has 0 aliphatic heterocycles. The number of ketones is 1. The van der Waals surface area contributed by atoms with Crippen LogP contribution < -0.4 is 0 Å². The summed E-state index contributed by atoms with van der Waals surface area (Å²) in [6.07, 6.45) is 2.01. The van der Waals surface area contributed by atoms with Crippen molar-refractivity contribution in [3.8, 4) is 16.6 Å². The van der Waals surface area contributed by atoms with Crippen LogP contribution in [0.25, 0.3) is 10.7 Å². The lowest BCUT2D eigenvalue weighted by Gasteiger charge is -1.91. The molecule has 2 aromatic rings. The molecule has 0 unspecified atom stereocenters. The van der Waals surface area contributed by atoms with Crippen molar-refractivity contribution in [1.29, 1.82) is 0 Å². The molecule has 0 aromatic carbocycles. The lowest BCUT2D eigenvalue weighted by Crippen LogP contribution is -1.92. The maximum Gasteiger partial charge on any atom is 0.233 e. The fraction of sp³-hybridized carbons (Fsp3) is 0.182. The third-order valence-corrected chi connectivity index (χ3v) is 3.18. The maximum absolute atomic E-state index is 11.5. The quantitative estimate of drug-likeness (QED) is 0.829. The van der Waals surface area contributed by atoms with Crippen LogP contribution in [0.3, 0.4) is 0 Å². The zero-order valence-electron chi connectivity index (χ0n) is 8.67. The van der Waals surface area contributed by atoms with Crippen LogP contribution in [0.2, 0.25) is 0 Å². The van der Waals surface area contributed by atoms with E-state index in [1.165, 1.54) is 11.3 Å². The average Bonchev–Trinajstić information content (AvgIpc) is 2.71. The Morgan fingerprint density at radius 2 is 2.31 bits per heavy atom. The molecule has 0 bridgehead atoms. The van der Waals surface area contributed by atoms with E-state index < -0.39 is 0 Å². The van der Waals surface area contributed by atoms with Crippen molar-refractivity contribution in [2.24, 2.45) is 0 Å². The summed E-state index contributed by atoms with van der Waals surface area (Å²) < 4.78 is 0. The highest BCUT2D eigenvalue weighted by Gasteiger charge is 2.17. The van der Waals surface area contributed by atoms with Crippen LogP contribution in [0.1, 0.15) is 23.0 Å². The van der Waals surface area contributed by atoms with Gasteiger partial charge in [0.15, 0.2) is 5.78 Å². The normalized spacial score (nSPS) is 10.3. The number of nitrogens with zero attached hydrogens (tertiary/aromatic N) is 2. The van der Waals surface area contributed by atoms with Gasteiger partial charge in [-0.1, -0.05) is 13.0 Å². The van der Waals surface area contributed by atoms with Crippen LogP contribution in [0.15, 0.2) is 24.4 Å². The monoisotopic (exact) mass is 234 g/mol. The van der Waals surface area contributed by atoms with E-state index in [0.29, 0.717) is 22.0 Å². The molecule has 2 aromatic heterocycles. The molecular formula is C11H10N2O2S. The Morgan fingerprint density at radius 1 is 1.50 bits per heavy atom. The number of hydrogen-bond acceptors (Lipinski definition) is 5. The molecule has 0 saturated carbocycles. The second kappa shape index (κ2) is 4.40. The van der Waals surface area contributed by atoms with Crippen molar-refractivity contribution in [2.75, 3.05) is 0 Å². The summed E-state index contributed by atoms with van der Waals surface area (Å²) in [5.74, 6) is -0.297. The lowest BCUT2D eigenvalue weighted by atomic mass is 10.3. The number of thiazole rings is 1. The molecule has 0 saturated heterocycles. The van der Waals surface area contributed by atoms with Gasteiger partial charge in [-0.05, 0) is 12.1 Å². The van der Waals surface area contributed by atoms with Gasteiger partial charge in [0.2, 0.25) is 5.88 Å². The number of aromatic nitrogens is 2. The zero-order valence-corrected chi connectivity index (χ0v) is 9.49. The lowest BCUT2D eigenvalue weighted by molar-refractivity contribution is 0.0989. The predicted octanol–water partition coefficient (Wildman–Crippen LogP) is 2.50. The second-order valence-electron chi connectivity index (χ2n) is 3.16. The molecule has 0 amide bonds. The molecule has 1 N–H and O–H groups in total. The Morgan fingerprint density at radius 3 is 2.94 bits per heavy atom. The summed E-state index contributed by atoms with van der Waals surface area (Å²) in [5.41, 5.74) is 0.665. The molecule has 0 fully saturated rings. The van der Waals surface area contributed by atoms with Gasteiger partial charge in [-0.3, -0.25) is 9.78 Å². The maximum atomic E-state index is 11.5. The van der Waals surface area contributed by atoms with Gasteiger partial charge in [0.05, 0.1) is 5.69 Å². The molecule has 0 aliphatic rings. The molecule has 2 heterocycles. The Bertz CT molecular complexity index is 508. The molecule has 82 valence electrons. The third-order valence-electron chi connectivity index (χ3n) is 2.07. The molecule has 2 rings (SSSR count). The van der Waals surface area contributed by atoms with E-state index in [9.17, 15) is 9.90 Å². The number of aromatic hydroxyl groups is 1. The number of rotatable bonds is 3. The SMILES string of the molecule is CCC(=O)c1sc(-c2ccccn2)nc1O. The van der Waals surface area contributed by atoms with Crippen molar-refractivity contribution in [1.82, 2.24) is 9.97 Å². The average molecular weight is 234 g/mol. The minimum Gasteiger partial charge on any atom is -0.492 e. The largest absolute Gasteiger partial charge is 0.492 e. The first-order chi connectivity index (χ1) is 7.72. The van der Waals surface area contributed by atoms with Crippen LogP contribution in [0.4, 0.5) is 0 Å². The van der Waals surface area contributed by atoms with E-state index in [1.807, 2.05) is 6.07 Å². The molecule has 0 spiro atoms. The van der Waals surface area contributed by atoms with Gasteiger partial charge >= 0.3 is 0 Å². The number of Topliss-reactive ketones (excluding diaryl/α,β-unsaturated/α-hetero) is 1. The topological polar surface area (TPSA) is 63.1 Å². The third kappa shape index (κ3) is 1.94. The Balaban J connectivity index is 2.42. The van der Waals surface area contributed by atoms with E-state index in [4.69, 9.17) is 0 Å². The summed E-state index contributed by atoms with van der Waals surface area (Å²) in [6.45, 7) is 1.75. The standard InChI is InChI=1S/C11H10N2O2S/c1-2-8(14)9-10(15)13-11(16-9)7-5-3-4-6-12-7/h3-6,15H,2H2,1H3. The first kappa shape index (κ1) is 10.8. The van der Waals surface area contributed by atoms with E-state index >= 15 is 0 Å². The number of pyridine rings is 1. The highest BCUT2D eigenvalue weighted by Crippen LogP contribution is 2.31. The van der Waals surface area contributed by atoms with Crippen molar-refractivity contribution in [2.45, 2.75) is 13.3 Å². The fourth-order valence-electron chi connectivity index (χ4n) is 1.25. The Hall–Kier alpha value is -1.75. The minimum atomic E-state index is -0.197. The first-order valence-electron chi connectivity index (χ1n) is 4.86. The van der Waals surface area contributed by atoms with Gasteiger partial charge in [0, 0.05) is 12.6 Å². The van der Waals surface area contributed by atoms with Crippen molar-refractivity contribution in [3.05, 3.63) is 29.3 Å². The van der Waals surface area contributed by atoms with Crippen LogP contribution >= 0.6 is 11.3 Å². The summed E-state index contributed by atoms with van der Waals surface area (Å²) in [5, 5.41) is 10.1. The molecule has 0 aliphatic carbocycles. The van der Waals surface area contributed by atoms with E-state index in [2.05, 4.69) is 9.97 Å². The summed E-state index contributed by atoms with van der Waals surface area (Å²) in [7, 11) is 0. The molecule has 5 heteroatoms. The number of carbonyl (C=O) groups excluding carboxylic acids is 1. The van der Waals surface area contributed by atoms with Crippen molar-refractivity contribution >= 4 is 17.1 Å². The van der Waals surface area contributed by atoms with Crippen LogP contribution in [0.5, 0.6) is 5.88 Å². The summed E-state index contributed by atoms with van der Waals surface area (Å²) >= 11 is 1.17. The summed E-state index contributed by atoms with van der Waals surface area (Å²) in [6, 6.07) is 5.43. The van der Waals surface area contributed by atoms with Crippen molar-refractivity contribution in [3.63, 3.8) is 0 Å². The van der Waals surface area contributed by atoms with Gasteiger partial charge < -0.3 is 5.11 Å². The van der Waals surface area contributed by atoms with Crippen LogP contribution in [0, 0.1) is 0 Å². The van der Waals surface area contributed by atoms with E-state index in [-0.39, 0.29) is 11.7 Å². The number of carbonyl (C=O) groups is 1. The molecule has 4 nitrogen and oxygen atoms in total. The van der Waals surface area contributed by atoms with E-state index in [0.717, 1.165) is 0 Å². The highest BCUT2D eigenvalue weighted by atomic mass is 32.1. The minimum absolute atomic E-state index is 0.0998. The molecular weight excluding hydrogens is 224 g/mol. The van der Waals surface area contributed by atoms with Crippen LogP contribution in [-0.4, -0.2) is 20.9 Å². The van der Waals surface area contributed by atoms with Gasteiger partial charge in [0.1, 0.15) is 9.88 Å². The Labute approximate surface area is 96.6 Å². The predicted molar refractivity (Wildman–Crippen MR) is 61.6 cm³/mol. The fourth-order valence-corrected chi connectivity index (χ4v) is 2.20. The summed E-state index contributed by atoms with van der Waals surface area (Å²) in [4.78, 5) is 19.8. The molecule has 0 radical (unpaired) electrons. The van der Waals surface area contributed by atoms with Gasteiger partial charge in [0.25, 0.3) is 0 Å². The van der Waals surface area contributed by atoms with E-state index in [1.54, 1.807) is 25.3 Å². The molecule has 0 atom stereocenters. The second-order valence-corrected chi connectivity index (χ2v) is 4.16. The molecule has 16 heavy (non-hydrogen) atoms. The van der Waals surface area contributed by atoms with Gasteiger partial charge in [-0.25, -0.2) is 0 Å². The van der Waals surface area contributed by atoms with Crippen LogP contribution in [-0.2, 0) is 0 Å². The van der Waals surface area contributed by atoms with Gasteiger partial charge in [-0.15, -0.1) is 11.3 Å². The smallest absolute Gasteiger partial charge is 0.233 e. The number of hydrogen-bond donors (Lipinski definition) is 1. The zero-order chi connectivity index (χ0) is 11.5. The Kier molecular flexibility index (Phi) is 2.96. The van der Waals surface area contributed by atoms with Crippen molar-refractivity contribution < 1.29 is 9.90 Å².